The fourth-order valence-corrected chi connectivity index (χ4v) is 2.81. The van der Waals surface area contributed by atoms with Crippen LogP contribution in [-0.2, 0) is 0 Å². The van der Waals surface area contributed by atoms with Crippen molar-refractivity contribution in [2.24, 2.45) is 0 Å². The number of fused-ring (bicyclic) bond motifs is 1. The van der Waals surface area contributed by atoms with E-state index >= 15 is 0 Å². The molecular weight excluding hydrogens is 322 g/mol. The van der Waals surface area contributed by atoms with Gasteiger partial charge in [0, 0.05) is 17.0 Å². The SMILES string of the molecule is Oc1cc2cc(-c3ccccc3)oc2cc1Nc1ccccc1Cl. The second-order valence-electron chi connectivity index (χ2n) is 5.49. The van der Waals surface area contributed by atoms with Crippen molar-refractivity contribution in [3.8, 4) is 17.1 Å². The average molecular weight is 336 g/mol. The van der Waals surface area contributed by atoms with Gasteiger partial charge in [0.05, 0.1) is 16.4 Å². The van der Waals surface area contributed by atoms with Gasteiger partial charge in [-0.25, -0.2) is 0 Å². The Hall–Kier alpha value is -2.91. The molecule has 0 saturated heterocycles. The average Bonchev–Trinajstić information content (AvgIpc) is 3.01. The minimum absolute atomic E-state index is 0.142. The van der Waals surface area contributed by atoms with Crippen LogP contribution in [0.3, 0.4) is 0 Å². The number of phenolic OH excluding ortho intramolecular Hbond substituents is 1. The normalized spacial score (nSPS) is 10.9. The van der Waals surface area contributed by atoms with Gasteiger partial charge in [-0.3, -0.25) is 0 Å². The van der Waals surface area contributed by atoms with Gasteiger partial charge in [-0.1, -0.05) is 54.1 Å². The lowest BCUT2D eigenvalue weighted by Gasteiger charge is -2.09. The van der Waals surface area contributed by atoms with Gasteiger partial charge in [0.15, 0.2) is 0 Å². The zero-order valence-electron chi connectivity index (χ0n) is 12.7. The van der Waals surface area contributed by atoms with E-state index in [4.69, 9.17) is 16.0 Å². The number of halogens is 1. The Morgan fingerprint density at radius 1 is 0.833 bits per heavy atom. The van der Waals surface area contributed by atoms with Crippen molar-refractivity contribution >= 4 is 33.9 Å². The van der Waals surface area contributed by atoms with Gasteiger partial charge in [0.25, 0.3) is 0 Å². The van der Waals surface area contributed by atoms with E-state index in [-0.39, 0.29) is 5.75 Å². The molecule has 0 atom stereocenters. The second-order valence-corrected chi connectivity index (χ2v) is 5.90. The minimum atomic E-state index is 0.142. The van der Waals surface area contributed by atoms with Gasteiger partial charge in [0.2, 0.25) is 0 Å². The molecule has 4 aromatic rings. The first-order chi connectivity index (χ1) is 11.7. The number of phenols is 1. The van der Waals surface area contributed by atoms with Crippen molar-refractivity contribution in [1.82, 2.24) is 0 Å². The number of benzene rings is 3. The first-order valence-electron chi connectivity index (χ1n) is 7.54. The number of nitrogens with one attached hydrogen (secondary N) is 1. The predicted molar refractivity (Wildman–Crippen MR) is 98.0 cm³/mol. The topological polar surface area (TPSA) is 45.4 Å². The van der Waals surface area contributed by atoms with Gasteiger partial charge in [-0.15, -0.1) is 0 Å². The Morgan fingerprint density at radius 2 is 1.58 bits per heavy atom. The Morgan fingerprint density at radius 3 is 2.38 bits per heavy atom. The maximum absolute atomic E-state index is 10.3. The summed E-state index contributed by atoms with van der Waals surface area (Å²) in [5.41, 5.74) is 2.96. The molecular formula is C20H14ClNO2. The molecule has 3 nitrogen and oxygen atoms in total. The quantitative estimate of drug-likeness (QED) is 0.438. The molecule has 0 bridgehead atoms. The molecule has 4 heteroatoms. The van der Waals surface area contributed by atoms with Gasteiger partial charge < -0.3 is 14.8 Å². The summed E-state index contributed by atoms with van der Waals surface area (Å²) < 4.78 is 5.93. The zero-order chi connectivity index (χ0) is 16.5. The number of para-hydroxylation sites is 1. The summed E-state index contributed by atoms with van der Waals surface area (Å²) in [6, 6.07) is 22.6. The predicted octanol–water partition coefficient (Wildman–Crippen LogP) is 6.20. The van der Waals surface area contributed by atoms with E-state index in [1.54, 1.807) is 18.2 Å². The number of rotatable bonds is 3. The monoisotopic (exact) mass is 335 g/mol. The van der Waals surface area contributed by atoms with E-state index in [0.29, 0.717) is 16.3 Å². The fraction of sp³-hybridized carbons (Fsp3) is 0. The molecule has 0 aliphatic heterocycles. The molecule has 0 spiro atoms. The summed E-state index contributed by atoms with van der Waals surface area (Å²) in [7, 11) is 0. The third kappa shape index (κ3) is 2.70. The Bertz CT molecular complexity index is 1010. The Kier molecular flexibility index (Phi) is 3.63. The van der Waals surface area contributed by atoms with E-state index in [2.05, 4.69) is 5.32 Å². The van der Waals surface area contributed by atoms with Crippen LogP contribution in [0.2, 0.25) is 5.02 Å². The van der Waals surface area contributed by atoms with Gasteiger partial charge in [-0.2, -0.15) is 0 Å². The molecule has 0 radical (unpaired) electrons. The number of hydrogen-bond donors (Lipinski definition) is 2. The van der Waals surface area contributed by atoms with Gasteiger partial charge in [0.1, 0.15) is 17.1 Å². The molecule has 2 N–H and O–H groups in total. The summed E-state index contributed by atoms with van der Waals surface area (Å²) in [6.07, 6.45) is 0. The number of aromatic hydroxyl groups is 1. The van der Waals surface area contributed by atoms with Crippen molar-refractivity contribution in [1.29, 1.82) is 0 Å². The highest BCUT2D eigenvalue weighted by Gasteiger charge is 2.11. The zero-order valence-corrected chi connectivity index (χ0v) is 13.4. The molecule has 0 fully saturated rings. The number of anilines is 2. The van der Waals surface area contributed by atoms with Crippen LogP contribution in [0.5, 0.6) is 5.75 Å². The number of hydrogen-bond acceptors (Lipinski definition) is 3. The van der Waals surface area contributed by atoms with Crippen LogP contribution >= 0.6 is 11.6 Å². The highest BCUT2D eigenvalue weighted by atomic mass is 35.5. The maximum atomic E-state index is 10.3. The highest BCUT2D eigenvalue weighted by molar-refractivity contribution is 6.33. The van der Waals surface area contributed by atoms with Crippen LogP contribution in [0, 0.1) is 0 Å². The summed E-state index contributed by atoms with van der Waals surface area (Å²) in [6.45, 7) is 0. The van der Waals surface area contributed by atoms with Crippen LogP contribution in [0.1, 0.15) is 0 Å². The lowest BCUT2D eigenvalue weighted by atomic mass is 10.1. The van der Waals surface area contributed by atoms with E-state index in [9.17, 15) is 5.11 Å². The second kappa shape index (κ2) is 5.95. The molecule has 1 heterocycles. The van der Waals surface area contributed by atoms with Crippen molar-refractivity contribution in [2.75, 3.05) is 5.32 Å². The third-order valence-corrected chi connectivity index (χ3v) is 4.17. The van der Waals surface area contributed by atoms with E-state index in [1.165, 1.54) is 0 Å². The molecule has 0 amide bonds. The maximum Gasteiger partial charge on any atom is 0.139 e. The first kappa shape index (κ1) is 14.7. The van der Waals surface area contributed by atoms with Crippen LogP contribution in [0.4, 0.5) is 11.4 Å². The van der Waals surface area contributed by atoms with Crippen molar-refractivity contribution in [3.63, 3.8) is 0 Å². The lowest BCUT2D eigenvalue weighted by Crippen LogP contribution is -1.91. The minimum Gasteiger partial charge on any atom is -0.506 e. The smallest absolute Gasteiger partial charge is 0.139 e. The molecule has 0 unspecified atom stereocenters. The molecule has 1 aromatic heterocycles. The molecule has 0 saturated carbocycles. The highest BCUT2D eigenvalue weighted by Crippen LogP contribution is 2.36. The fourth-order valence-electron chi connectivity index (χ4n) is 2.63. The molecule has 0 aliphatic carbocycles. The Balaban J connectivity index is 1.75. The summed E-state index contributed by atoms with van der Waals surface area (Å²) in [4.78, 5) is 0. The van der Waals surface area contributed by atoms with E-state index < -0.39 is 0 Å². The largest absolute Gasteiger partial charge is 0.506 e. The van der Waals surface area contributed by atoms with Crippen LogP contribution in [0.25, 0.3) is 22.3 Å². The van der Waals surface area contributed by atoms with Crippen LogP contribution < -0.4 is 5.32 Å². The molecule has 24 heavy (non-hydrogen) atoms. The summed E-state index contributed by atoms with van der Waals surface area (Å²) in [5, 5.41) is 14.9. The molecule has 118 valence electrons. The lowest BCUT2D eigenvalue weighted by molar-refractivity contribution is 0.478. The first-order valence-corrected chi connectivity index (χ1v) is 7.92. The summed E-state index contributed by atoms with van der Waals surface area (Å²) >= 11 is 6.16. The molecule has 3 aromatic carbocycles. The molecule has 0 aliphatic rings. The Labute approximate surface area is 144 Å². The van der Waals surface area contributed by atoms with E-state index in [1.807, 2.05) is 54.6 Å². The van der Waals surface area contributed by atoms with Crippen LogP contribution in [-0.4, -0.2) is 5.11 Å². The summed E-state index contributed by atoms with van der Waals surface area (Å²) in [5.74, 6) is 0.905. The molecule has 4 rings (SSSR count). The van der Waals surface area contributed by atoms with Crippen molar-refractivity contribution < 1.29 is 9.52 Å². The van der Waals surface area contributed by atoms with Crippen molar-refractivity contribution in [2.45, 2.75) is 0 Å². The van der Waals surface area contributed by atoms with Gasteiger partial charge in [-0.05, 0) is 24.3 Å². The number of furan rings is 1. The van der Waals surface area contributed by atoms with Gasteiger partial charge >= 0.3 is 0 Å². The van der Waals surface area contributed by atoms with Crippen LogP contribution in [0.15, 0.2) is 77.2 Å². The third-order valence-electron chi connectivity index (χ3n) is 3.84. The van der Waals surface area contributed by atoms with Crippen molar-refractivity contribution in [3.05, 3.63) is 77.8 Å². The van der Waals surface area contributed by atoms with E-state index in [0.717, 1.165) is 22.4 Å². The standard InChI is InChI=1S/C20H14ClNO2/c21-15-8-4-5-9-16(15)22-17-12-20-14(10-18(17)23)11-19(24-20)13-6-2-1-3-7-13/h1-12,22-23H.